The Hall–Kier alpha value is -0.570. The maximum atomic E-state index is 12.2. The first-order valence-corrected chi connectivity index (χ1v) is 6.87. The number of amides is 1. The summed E-state index contributed by atoms with van der Waals surface area (Å²) < 4.78 is 0. The first-order chi connectivity index (χ1) is 7.84. The maximum Gasteiger partial charge on any atom is 0.225 e. The average molecular weight is 222 g/mol. The van der Waals surface area contributed by atoms with Gasteiger partial charge in [0.05, 0.1) is 0 Å². The van der Waals surface area contributed by atoms with E-state index in [9.17, 15) is 4.79 Å². The quantitative estimate of drug-likeness (QED) is 0.671. The van der Waals surface area contributed by atoms with Crippen molar-refractivity contribution in [2.75, 3.05) is 26.2 Å². The number of rotatable bonds is 1. The van der Waals surface area contributed by atoms with E-state index in [-0.39, 0.29) is 0 Å². The zero-order valence-corrected chi connectivity index (χ0v) is 10.0. The first-order valence-electron chi connectivity index (χ1n) is 6.87. The van der Waals surface area contributed by atoms with E-state index in [0.717, 1.165) is 25.9 Å². The Balaban J connectivity index is 1.61. The molecule has 16 heavy (non-hydrogen) atoms. The monoisotopic (exact) mass is 222 g/mol. The molecule has 3 rings (SSSR count). The predicted octanol–water partition coefficient (Wildman–Crippen LogP) is 1.48. The van der Waals surface area contributed by atoms with Crippen molar-refractivity contribution in [1.82, 2.24) is 9.80 Å². The van der Waals surface area contributed by atoms with Crippen LogP contribution < -0.4 is 0 Å². The van der Waals surface area contributed by atoms with Gasteiger partial charge in [-0.15, -0.1) is 0 Å². The summed E-state index contributed by atoms with van der Waals surface area (Å²) in [6.45, 7) is 4.54. The highest BCUT2D eigenvalue weighted by Crippen LogP contribution is 2.30. The van der Waals surface area contributed by atoms with E-state index in [1.165, 1.54) is 38.8 Å². The van der Waals surface area contributed by atoms with Crippen LogP contribution in [0.2, 0.25) is 0 Å². The summed E-state index contributed by atoms with van der Waals surface area (Å²) in [6.07, 6.45) is 7.31. The van der Waals surface area contributed by atoms with Gasteiger partial charge < -0.3 is 4.90 Å². The molecule has 1 saturated carbocycles. The van der Waals surface area contributed by atoms with Crippen molar-refractivity contribution >= 4 is 5.91 Å². The summed E-state index contributed by atoms with van der Waals surface area (Å²) in [5.41, 5.74) is 0. The van der Waals surface area contributed by atoms with Crippen molar-refractivity contribution in [3.05, 3.63) is 0 Å². The Morgan fingerprint density at radius 2 is 1.75 bits per heavy atom. The van der Waals surface area contributed by atoms with E-state index in [1.807, 2.05) is 0 Å². The van der Waals surface area contributed by atoms with Crippen LogP contribution in [0.5, 0.6) is 0 Å². The third kappa shape index (κ3) is 1.86. The number of hydrogen-bond donors (Lipinski definition) is 0. The van der Waals surface area contributed by atoms with Crippen LogP contribution in [0.15, 0.2) is 0 Å². The minimum atomic E-state index is 0.382. The molecule has 0 spiro atoms. The number of hydrogen-bond acceptors (Lipinski definition) is 2. The average Bonchev–Trinajstić information content (AvgIpc) is 2.15. The van der Waals surface area contributed by atoms with E-state index in [1.54, 1.807) is 0 Å². The Morgan fingerprint density at radius 3 is 2.38 bits per heavy atom. The smallest absolute Gasteiger partial charge is 0.225 e. The molecule has 3 aliphatic rings. The molecule has 2 heterocycles. The van der Waals surface area contributed by atoms with Crippen LogP contribution in [0.25, 0.3) is 0 Å². The summed E-state index contributed by atoms with van der Waals surface area (Å²) >= 11 is 0. The van der Waals surface area contributed by atoms with Crippen LogP contribution in [-0.2, 0) is 4.79 Å². The van der Waals surface area contributed by atoms with Crippen molar-refractivity contribution in [3.8, 4) is 0 Å². The number of carbonyl (C=O) groups excluding carboxylic acids is 1. The molecule has 0 aromatic carbocycles. The third-order valence-electron chi connectivity index (χ3n) is 4.59. The molecule has 0 N–H and O–H groups in total. The minimum Gasteiger partial charge on any atom is -0.341 e. The molecule has 2 aliphatic heterocycles. The Bertz CT molecular complexity index is 275. The highest BCUT2D eigenvalue weighted by molar-refractivity contribution is 5.79. The summed E-state index contributed by atoms with van der Waals surface area (Å²) in [6, 6.07) is 0.685. The van der Waals surface area contributed by atoms with Gasteiger partial charge in [0.15, 0.2) is 0 Å². The van der Waals surface area contributed by atoms with E-state index in [4.69, 9.17) is 0 Å². The van der Waals surface area contributed by atoms with Gasteiger partial charge in [-0.25, -0.2) is 0 Å². The molecular weight excluding hydrogens is 200 g/mol. The summed E-state index contributed by atoms with van der Waals surface area (Å²) in [5.74, 6) is 0.841. The molecule has 0 aromatic rings. The molecule has 3 fully saturated rings. The summed E-state index contributed by atoms with van der Waals surface area (Å²) in [4.78, 5) is 17.0. The van der Waals surface area contributed by atoms with Gasteiger partial charge in [-0.1, -0.05) is 6.42 Å². The number of nitrogens with zero attached hydrogens (tertiary/aromatic N) is 2. The van der Waals surface area contributed by atoms with Crippen molar-refractivity contribution in [3.63, 3.8) is 0 Å². The molecule has 3 nitrogen and oxygen atoms in total. The normalized spacial score (nSPS) is 32.0. The molecule has 0 aromatic heterocycles. The van der Waals surface area contributed by atoms with Crippen LogP contribution in [-0.4, -0.2) is 47.9 Å². The fourth-order valence-electron chi connectivity index (χ4n) is 3.07. The van der Waals surface area contributed by atoms with Gasteiger partial charge in [-0.3, -0.25) is 9.69 Å². The van der Waals surface area contributed by atoms with Gasteiger partial charge in [-0.05, 0) is 38.6 Å². The second-order valence-electron chi connectivity index (χ2n) is 5.60. The summed E-state index contributed by atoms with van der Waals surface area (Å²) in [7, 11) is 0. The standard InChI is InChI=1S/C13H22N2O/c16-13(11-4-3-5-11)15-8-2-1-7-14-9-6-12(14)10-15/h11-12H,1-10H2/t12-/m1/s1. The predicted molar refractivity (Wildman–Crippen MR) is 63.1 cm³/mol. The lowest BCUT2D eigenvalue weighted by atomic mass is 9.84. The minimum absolute atomic E-state index is 0.382. The maximum absolute atomic E-state index is 12.2. The van der Waals surface area contributed by atoms with Crippen LogP contribution in [0.3, 0.4) is 0 Å². The largest absolute Gasteiger partial charge is 0.341 e. The van der Waals surface area contributed by atoms with E-state index < -0.39 is 0 Å². The molecular formula is C13H22N2O. The van der Waals surface area contributed by atoms with E-state index in [0.29, 0.717) is 17.9 Å². The van der Waals surface area contributed by atoms with Gasteiger partial charge in [0, 0.05) is 31.6 Å². The summed E-state index contributed by atoms with van der Waals surface area (Å²) in [5, 5.41) is 0. The molecule has 2 saturated heterocycles. The molecule has 1 amide bonds. The van der Waals surface area contributed by atoms with Crippen LogP contribution in [0.1, 0.15) is 38.5 Å². The van der Waals surface area contributed by atoms with Crippen LogP contribution in [0.4, 0.5) is 0 Å². The van der Waals surface area contributed by atoms with Crippen molar-refractivity contribution in [2.45, 2.75) is 44.6 Å². The zero-order valence-electron chi connectivity index (χ0n) is 10.0. The molecule has 90 valence electrons. The van der Waals surface area contributed by atoms with Crippen molar-refractivity contribution < 1.29 is 4.79 Å². The molecule has 0 bridgehead atoms. The molecule has 3 heteroatoms. The molecule has 1 atom stereocenters. The van der Waals surface area contributed by atoms with Gasteiger partial charge >= 0.3 is 0 Å². The fraction of sp³-hybridized carbons (Fsp3) is 0.923. The SMILES string of the molecule is O=C(C1CCC1)N1CCCCN2CC[C@@H]2C1. The number of fused-ring (bicyclic) bond motifs is 1. The lowest BCUT2D eigenvalue weighted by molar-refractivity contribution is -0.140. The zero-order chi connectivity index (χ0) is 11.0. The van der Waals surface area contributed by atoms with E-state index >= 15 is 0 Å². The van der Waals surface area contributed by atoms with E-state index in [2.05, 4.69) is 9.80 Å². The fourth-order valence-corrected chi connectivity index (χ4v) is 3.07. The molecule has 1 aliphatic carbocycles. The van der Waals surface area contributed by atoms with Gasteiger partial charge in [0.25, 0.3) is 0 Å². The van der Waals surface area contributed by atoms with Gasteiger partial charge in [-0.2, -0.15) is 0 Å². The molecule has 0 unspecified atom stereocenters. The third-order valence-corrected chi connectivity index (χ3v) is 4.59. The Labute approximate surface area is 97.8 Å². The second kappa shape index (κ2) is 4.36. The second-order valence-corrected chi connectivity index (χ2v) is 5.60. The lowest BCUT2D eigenvalue weighted by Crippen LogP contribution is -2.56. The topological polar surface area (TPSA) is 23.6 Å². The van der Waals surface area contributed by atoms with Crippen molar-refractivity contribution in [2.24, 2.45) is 5.92 Å². The first kappa shape index (κ1) is 10.6. The highest BCUT2D eigenvalue weighted by Gasteiger charge is 2.35. The number of carbonyl (C=O) groups is 1. The Morgan fingerprint density at radius 1 is 0.938 bits per heavy atom. The van der Waals surface area contributed by atoms with Crippen LogP contribution in [0, 0.1) is 5.92 Å². The van der Waals surface area contributed by atoms with Gasteiger partial charge in [0.2, 0.25) is 5.91 Å². The van der Waals surface area contributed by atoms with Gasteiger partial charge in [0.1, 0.15) is 0 Å². The lowest BCUT2D eigenvalue weighted by Gasteiger charge is -2.46. The Kier molecular flexibility index (Phi) is 2.88. The van der Waals surface area contributed by atoms with Crippen molar-refractivity contribution in [1.29, 1.82) is 0 Å². The van der Waals surface area contributed by atoms with Crippen LogP contribution >= 0.6 is 0 Å². The highest BCUT2D eigenvalue weighted by atomic mass is 16.2. The molecule has 0 radical (unpaired) electrons.